The first kappa shape index (κ1) is 24.5. The minimum Gasteiger partial charge on any atom is -0.484 e. The maximum Gasteiger partial charge on any atom is 0.265 e. The number of amides is 2. The molecule has 176 valence electrons. The number of fused-ring (bicyclic) bond motifs is 1. The third kappa shape index (κ3) is 6.43. The third-order valence-corrected chi connectivity index (χ3v) is 5.27. The van der Waals surface area contributed by atoms with Crippen LogP contribution < -0.4 is 20.1 Å². The van der Waals surface area contributed by atoms with Crippen molar-refractivity contribution in [1.29, 1.82) is 0 Å². The smallest absolute Gasteiger partial charge is 0.265 e. The van der Waals surface area contributed by atoms with Gasteiger partial charge in [-0.2, -0.15) is 0 Å². The standard InChI is InChI=1S/C23H23ClF2N2O5/c1-12-7-20-15(9-17(12)25)19(29)10-21(33-20)23(31)28-13(2)5-6-27-22(30)11-32-14-3-4-16(24)18(26)8-14/h3-4,7-9,19,21,29H,2,5-6,10-11H2,1H3,(H,27,30)(H,28,31)/t19-,21-/m0/s1. The highest BCUT2D eigenvalue weighted by Gasteiger charge is 2.32. The quantitative estimate of drug-likeness (QED) is 0.538. The molecular weight excluding hydrogens is 458 g/mol. The summed E-state index contributed by atoms with van der Waals surface area (Å²) < 4.78 is 37.9. The second kappa shape index (κ2) is 10.6. The summed E-state index contributed by atoms with van der Waals surface area (Å²) in [6.07, 6.45) is -1.81. The molecule has 33 heavy (non-hydrogen) atoms. The summed E-state index contributed by atoms with van der Waals surface area (Å²) in [5.74, 6) is -1.64. The minimum atomic E-state index is -1.04. The van der Waals surface area contributed by atoms with E-state index in [9.17, 15) is 23.5 Å². The molecule has 3 rings (SSSR count). The zero-order chi connectivity index (χ0) is 24.1. The van der Waals surface area contributed by atoms with Gasteiger partial charge in [-0.05, 0) is 36.8 Å². The molecule has 2 amide bonds. The summed E-state index contributed by atoms with van der Waals surface area (Å²) in [7, 11) is 0. The first-order valence-electron chi connectivity index (χ1n) is 10.1. The summed E-state index contributed by atoms with van der Waals surface area (Å²) in [5, 5.41) is 15.4. The molecule has 0 saturated carbocycles. The van der Waals surface area contributed by atoms with Crippen molar-refractivity contribution in [1.82, 2.24) is 10.6 Å². The average Bonchev–Trinajstić information content (AvgIpc) is 2.75. The van der Waals surface area contributed by atoms with Gasteiger partial charge in [0.05, 0.1) is 11.1 Å². The van der Waals surface area contributed by atoms with Crippen molar-refractivity contribution in [3.05, 3.63) is 70.4 Å². The maximum absolute atomic E-state index is 13.7. The second-order valence-corrected chi connectivity index (χ2v) is 7.96. The number of hydrogen-bond donors (Lipinski definition) is 3. The van der Waals surface area contributed by atoms with Crippen LogP contribution in [0.25, 0.3) is 0 Å². The molecule has 10 heteroatoms. The Morgan fingerprint density at radius 1 is 1.27 bits per heavy atom. The number of rotatable bonds is 8. The molecular formula is C23H23ClF2N2O5. The molecule has 2 atom stereocenters. The number of carbonyl (C=O) groups is 2. The molecule has 0 bridgehead atoms. The summed E-state index contributed by atoms with van der Waals surface area (Å²) in [6.45, 7) is 5.16. The van der Waals surface area contributed by atoms with E-state index in [0.717, 1.165) is 6.07 Å². The van der Waals surface area contributed by atoms with E-state index in [1.54, 1.807) is 6.92 Å². The lowest BCUT2D eigenvalue weighted by Crippen LogP contribution is -2.41. The van der Waals surface area contributed by atoms with Crippen molar-refractivity contribution >= 4 is 23.4 Å². The number of benzene rings is 2. The fourth-order valence-corrected chi connectivity index (χ4v) is 3.28. The Morgan fingerprint density at radius 3 is 2.76 bits per heavy atom. The van der Waals surface area contributed by atoms with Crippen LogP contribution in [0.1, 0.15) is 30.1 Å². The van der Waals surface area contributed by atoms with Crippen LogP contribution >= 0.6 is 11.6 Å². The normalized spacial score (nSPS) is 16.9. The molecule has 1 aliphatic heterocycles. The molecule has 0 aromatic heterocycles. The lowest BCUT2D eigenvalue weighted by Gasteiger charge is -2.29. The van der Waals surface area contributed by atoms with Gasteiger partial charge in [-0.3, -0.25) is 9.59 Å². The van der Waals surface area contributed by atoms with Crippen molar-refractivity contribution in [2.75, 3.05) is 13.2 Å². The van der Waals surface area contributed by atoms with Gasteiger partial charge < -0.3 is 25.2 Å². The van der Waals surface area contributed by atoms with Crippen LogP contribution in [0.15, 0.2) is 42.6 Å². The van der Waals surface area contributed by atoms with Gasteiger partial charge in [-0.1, -0.05) is 18.2 Å². The Hall–Kier alpha value is -3.17. The zero-order valence-electron chi connectivity index (χ0n) is 17.8. The Bertz CT molecular complexity index is 1080. The number of nitrogens with one attached hydrogen (secondary N) is 2. The molecule has 3 N–H and O–H groups in total. The SMILES string of the molecule is C=C(CCNC(=O)COc1ccc(Cl)c(F)c1)NC(=O)[C@@H]1C[C@H](O)c2cc(F)c(C)cc2O1. The maximum atomic E-state index is 13.7. The monoisotopic (exact) mass is 480 g/mol. The molecule has 2 aromatic rings. The van der Waals surface area contributed by atoms with Gasteiger partial charge >= 0.3 is 0 Å². The van der Waals surface area contributed by atoms with Crippen LogP contribution in [0.2, 0.25) is 5.02 Å². The molecule has 0 aliphatic carbocycles. The number of hydrogen-bond acceptors (Lipinski definition) is 5. The molecule has 2 aromatic carbocycles. The summed E-state index contributed by atoms with van der Waals surface area (Å²) in [5.41, 5.74) is 0.972. The number of aryl methyl sites for hydroxylation is 1. The number of aliphatic hydroxyl groups excluding tert-OH is 1. The highest BCUT2D eigenvalue weighted by Crippen LogP contribution is 2.36. The highest BCUT2D eigenvalue weighted by molar-refractivity contribution is 6.30. The lowest BCUT2D eigenvalue weighted by molar-refractivity contribution is -0.129. The molecule has 1 aliphatic rings. The zero-order valence-corrected chi connectivity index (χ0v) is 18.5. The Balaban J connectivity index is 1.41. The molecule has 0 saturated heterocycles. The first-order chi connectivity index (χ1) is 15.6. The highest BCUT2D eigenvalue weighted by atomic mass is 35.5. The van der Waals surface area contributed by atoms with Gasteiger partial charge in [0.2, 0.25) is 0 Å². The van der Waals surface area contributed by atoms with Crippen molar-refractivity contribution in [2.24, 2.45) is 0 Å². The molecule has 0 unspecified atom stereocenters. The Labute approximate surface area is 194 Å². The van der Waals surface area contributed by atoms with Gasteiger partial charge in [0.1, 0.15) is 23.1 Å². The van der Waals surface area contributed by atoms with E-state index in [1.165, 1.54) is 24.3 Å². The fraction of sp³-hybridized carbons (Fsp3) is 0.304. The Morgan fingerprint density at radius 2 is 2.03 bits per heavy atom. The second-order valence-electron chi connectivity index (χ2n) is 7.55. The predicted octanol–water partition coefficient (Wildman–Crippen LogP) is 3.33. The molecule has 7 nitrogen and oxygen atoms in total. The fourth-order valence-electron chi connectivity index (χ4n) is 3.16. The van der Waals surface area contributed by atoms with Crippen LogP contribution in [0.4, 0.5) is 8.78 Å². The van der Waals surface area contributed by atoms with Crippen molar-refractivity contribution in [2.45, 2.75) is 32.0 Å². The number of ether oxygens (including phenoxy) is 2. The van der Waals surface area contributed by atoms with E-state index in [0.29, 0.717) is 16.8 Å². The molecule has 0 spiro atoms. The summed E-state index contributed by atoms with van der Waals surface area (Å²) >= 11 is 5.59. The number of halogens is 3. The predicted molar refractivity (Wildman–Crippen MR) is 117 cm³/mol. The van der Waals surface area contributed by atoms with Crippen molar-refractivity contribution in [3.8, 4) is 11.5 Å². The summed E-state index contributed by atoms with van der Waals surface area (Å²) in [4.78, 5) is 24.4. The molecule has 0 radical (unpaired) electrons. The average molecular weight is 481 g/mol. The van der Waals surface area contributed by atoms with Gasteiger partial charge in [-0.15, -0.1) is 0 Å². The number of aliphatic hydroxyl groups is 1. The van der Waals surface area contributed by atoms with Crippen LogP contribution in [0.3, 0.4) is 0 Å². The van der Waals surface area contributed by atoms with Crippen LogP contribution in [-0.2, 0) is 9.59 Å². The largest absolute Gasteiger partial charge is 0.484 e. The van der Waals surface area contributed by atoms with Gasteiger partial charge in [0, 0.05) is 36.7 Å². The van der Waals surface area contributed by atoms with E-state index < -0.39 is 35.7 Å². The van der Waals surface area contributed by atoms with E-state index >= 15 is 0 Å². The lowest BCUT2D eigenvalue weighted by atomic mass is 9.97. The topological polar surface area (TPSA) is 96.9 Å². The Kier molecular flexibility index (Phi) is 7.88. The van der Waals surface area contributed by atoms with Gasteiger partial charge in [-0.25, -0.2) is 8.78 Å². The van der Waals surface area contributed by atoms with E-state index in [-0.39, 0.29) is 42.5 Å². The molecule has 0 fully saturated rings. The van der Waals surface area contributed by atoms with E-state index in [1.807, 2.05) is 0 Å². The van der Waals surface area contributed by atoms with Crippen LogP contribution in [0.5, 0.6) is 11.5 Å². The van der Waals surface area contributed by atoms with E-state index in [4.69, 9.17) is 21.1 Å². The van der Waals surface area contributed by atoms with Gasteiger partial charge in [0.15, 0.2) is 12.7 Å². The van der Waals surface area contributed by atoms with Crippen molar-refractivity contribution in [3.63, 3.8) is 0 Å². The third-order valence-electron chi connectivity index (χ3n) is 4.96. The minimum absolute atomic E-state index is 0.0337. The first-order valence-corrected chi connectivity index (χ1v) is 10.5. The van der Waals surface area contributed by atoms with Crippen molar-refractivity contribution < 1.29 is 33.0 Å². The van der Waals surface area contributed by atoms with Crippen LogP contribution in [0, 0.1) is 18.6 Å². The van der Waals surface area contributed by atoms with E-state index in [2.05, 4.69) is 17.2 Å². The van der Waals surface area contributed by atoms with Crippen LogP contribution in [-0.4, -0.2) is 36.2 Å². The molecule has 1 heterocycles. The summed E-state index contributed by atoms with van der Waals surface area (Å²) in [6, 6.07) is 6.49. The van der Waals surface area contributed by atoms with Gasteiger partial charge in [0.25, 0.3) is 11.8 Å². The number of carbonyl (C=O) groups excluding carboxylic acids is 2.